The maximum absolute atomic E-state index is 5.90. The van der Waals surface area contributed by atoms with Crippen LogP contribution in [-0.2, 0) is 0 Å². The highest BCUT2D eigenvalue weighted by Gasteiger charge is 2.25. The molecule has 0 aliphatic carbocycles. The van der Waals surface area contributed by atoms with Crippen molar-refractivity contribution < 1.29 is 14.2 Å². The fourth-order valence-corrected chi connectivity index (χ4v) is 3.76. The minimum Gasteiger partial charge on any atom is -0.493 e. The first kappa shape index (κ1) is 17.0. The van der Waals surface area contributed by atoms with Gasteiger partial charge in [-0.3, -0.25) is 0 Å². The molecular formula is C19H22BrNO3. The maximum Gasteiger partial charge on any atom is 0.174 e. The molecule has 0 radical (unpaired) electrons. The Morgan fingerprint density at radius 1 is 1.12 bits per heavy atom. The van der Waals surface area contributed by atoms with Gasteiger partial charge in [-0.05, 0) is 46.1 Å². The first-order valence-electron chi connectivity index (χ1n) is 7.90. The van der Waals surface area contributed by atoms with Gasteiger partial charge in [-0.25, -0.2) is 0 Å². The molecule has 128 valence electrons. The quantitative estimate of drug-likeness (QED) is 0.770. The molecule has 0 amide bonds. The van der Waals surface area contributed by atoms with E-state index in [1.807, 2.05) is 14.1 Å². The third kappa shape index (κ3) is 3.05. The van der Waals surface area contributed by atoms with Crippen molar-refractivity contribution in [3.05, 3.63) is 45.9 Å². The van der Waals surface area contributed by atoms with Crippen LogP contribution in [0.1, 0.15) is 23.5 Å². The number of ether oxygens (including phenoxy) is 3. The van der Waals surface area contributed by atoms with E-state index in [2.05, 4.69) is 51.2 Å². The van der Waals surface area contributed by atoms with Crippen LogP contribution in [0.3, 0.4) is 0 Å². The summed E-state index contributed by atoms with van der Waals surface area (Å²) in [7, 11) is 7.38. The van der Waals surface area contributed by atoms with Crippen LogP contribution in [0.5, 0.6) is 17.2 Å². The van der Waals surface area contributed by atoms with Crippen LogP contribution >= 0.6 is 15.9 Å². The fourth-order valence-electron chi connectivity index (χ4n) is 3.14. The second-order valence-corrected chi connectivity index (χ2v) is 6.90. The van der Waals surface area contributed by atoms with Crippen LogP contribution in [0.15, 0.2) is 34.8 Å². The van der Waals surface area contributed by atoms with Gasteiger partial charge >= 0.3 is 0 Å². The molecule has 4 nitrogen and oxygen atoms in total. The van der Waals surface area contributed by atoms with Crippen molar-refractivity contribution in [2.75, 3.05) is 39.8 Å². The van der Waals surface area contributed by atoms with E-state index >= 15 is 0 Å². The molecule has 2 aromatic carbocycles. The number of rotatable bonds is 4. The molecule has 1 atom stereocenters. The predicted octanol–water partition coefficient (Wildman–Crippen LogP) is 4.45. The van der Waals surface area contributed by atoms with Crippen molar-refractivity contribution in [3.63, 3.8) is 0 Å². The van der Waals surface area contributed by atoms with Crippen molar-refractivity contribution in [2.24, 2.45) is 0 Å². The molecular weight excluding hydrogens is 370 g/mol. The van der Waals surface area contributed by atoms with Gasteiger partial charge in [0.1, 0.15) is 5.75 Å². The summed E-state index contributed by atoms with van der Waals surface area (Å²) in [5.74, 6) is 2.70. The highest BCUT2D eigenvalue weighted by atomic mass is 79.9. The second-order valence-electron chi connectivity index (χ2n) is 6.04. The standard InChI is InChI=1S/C19H22BrNO3/c1-21(2)13-5-6-15-14(7-8-24-17(15)11-13)12-9-16(20)19(23-4)18(10-12)22-3/h5-6,9-11,14H,7-8H2,1-4H3. The summed E-state index contributed by atoms with van der Waals surface area (Å²) in [6.45, 7) is 0.709. The van der Waals surface area contributed by atoms with Crippen molar-refractivity contribution >= 4 is 21.6 Å². The van der Waals surface area contributed by atoms with Crippen molar-refractivity contribution in [1.29, 1.82) is 0 Å². The molecule has 0 aromatic heterocycles. The van der Waals surface area contributed by atoms with Crippen LogP contribution in [0.4, 0.5) is 5.69 Å². The predicted molar refractivity (Wildman–Crippen MR) is 100.0 cm³/mol. The van der Waals surface area contributed by atoms with Crippen LogP contribution in [-0.4, -0.2) is 34.9 Å². The molecule has 0 saturated heterocycles. The number of hydrogen-bond donors (Lipinski definition) is 0. The van der Waals surface area contributed by atoms with Gasteiger partial charge in [-0.1, -0.05) is 6.07 Å². The number of benzene rings is 2. The first-order chi connectivity index (χ1) is 11.5. The molecule has 1 aliphatic rings. The van der Waals surface area contributed by atoms with Gasteiger partial charge in [0, 0.05) is 37.3 Å². The van der Waals surface area contributed by atoms with E-state index in [1.54, 1.807) is 14.2 Å². The molecule has 0 bridgehead atoms. The SMILES string of the molecule is COc1cc(C2CCOc3cc(N(C)C)ccc32)cc(Br)c1OC. The van der Waals surface area contributed by atoms with Crippen molar-refractivity contribution in [3.8, 4) is 17.2 Å². The van der Waals surface area contributed by atoms with E-state index in [1.165, 1.54) is 11.1 Å². The average Bonchev–Trinajstić information content (AvgIpc) is 2.59. The Bertz CT molecular complexity index is 746. The lowest BCUT2D eigenvalue weighted by Gasteiger charge is -2.28. The Morgan fingerprint density at radius 2 is 1.92 bits per heavy atom. The summed E-state index contributed by atoms with van der Waals surface area (Å²) >= 11 is 3.59. The van der Waals surface area contributed by atoms with Gasteiger partial charge in [0.25, 0.3) is 0 Å². The molecule has 0 N–H and O–H groups in total. The van der Waals surface area contributed by atoms with Crippen LogP contribution in [0, 0.1) is 0 Å². The molecule has 0 fully saturated rings. The van der Waals surface area contributed by atoms with Gasteiger partial charge < -0.3 is 19.1 Å². The molecule has 0 saturated carbocycles. The Morgan fingerprint density at radius 3 is 2.58 bits per heavy atom. The summed E-state index contributed by atoms with van der Waals surface area (Å²) in [6.07, 6.45) is 0.941. The minimum absolute atomic E-state index is 0.279. The minimum atomic E-state index is 0.279. The Labute approximate surface area is 151 Å². The second kappa shape index (κ2) is 6.93. The van der Waals surface area contributed by atoms with Gasteiger partial charge in [0.15, 0.2) is 11.5 Å². The van der Waals surface area contributed by atoms with E-state index in [0.717, 1.165) is 33.8 Å². The fraction of sp³-hybridized carbons (Fsp3) is 0.368. The number of fused-ring (bicyclic) bond motifs is 1. The van der Waals surface area contributed by atoms with Gasteiger partial charge in [-0.2, -0.15) is 0 Å². The van der Waals surface area contributed by atoms with Gasteiger partial charge in [0.05, 0.1) is 25.3 Å². The summed E-state index contributed by atoms with van der Waals surface area (Å²) in [5.41, 5.74) is 3.55. The molecule has 0 spiro atoms. The molecule has 24 heavy (non-hydrogen) atoms. The summed E-state index contributed by atoms with van der Waals surface area (Å²) in [5, 5.41) is 0. The number of methoxy groups -OCH3 is 2. The monoisotopic (exact) mass is 391 g/mol. The molecule has 1 heterocycles. The normalized spacial score (nSPS) is 16.1. The lowest BCUT2D eigenvalue weighted by atomic mass is 9.86. The Balaban J connectivity index is 2.05. The zero-order chi connectivity index (χ0) is 17.3. The Kier molecular flexibility index (Phi) is 4.90. The summed E-state index contributed by atoms with van der Waals surface area (Å²) in [4.78, 5) is 2.08. The number of hydrogen-bond acceptors (Lipinski definition) is 4. The molecule has 3 rings (SSSR count). The van der Waals surface area contributed by atoms with Crippen LogP contribution < -0.4 is 19.1 Å². The average molecular weight is 392 g/mol. The largest absolute Gasteiger partial charge is 0.493 e. The van der Waals surface area contributed by atoms with Crippen LogP contribution in [0.2, 0.25) is 0 Å². The smallest absolute Gasteiger partial charge is 0.174 e. The van der Waals surface area contributed by atoms with E-state index in [4.69, 9.17) is 14.2 Å². The van der Waals surface area contributed by atoms with Crippen LogP contribution in [0.25, 0.3) is 0 Å². The highest BCUT2D eigenvalue weighted by Crippen LogP contribution is 2.44. The number of anilines is 1. The van der Waals surface area contributed by atoms with Crippen molar-refractivity contribution in [2.45, 2.75) is 12.3 Å². The molecule has 5 heteroatoms. The zero-order valence-electron chi connectivity index (χ0n) is 14.4. The number of nitrogens with zero attached hydrogens (tertiary/aromatic N) is 1. The molecule has 1 aliphatic heterocycles. The zero-order valence-corrected chi connectivity index (χ0v) is 16.0. The number of halogens is 1. The van der Waals surface area contributed by atoms with Crippen molar-refractivity contribution in [1.82, 2.24) is 0 Å². The lowest BCUT2D eigenvalue weighted by Crippen LogP contribution is -2.17. The van der Waals surface area contributed by atoms with E-state index in [0.29, 0.717) is 6.61 Å². The third-order valence-corrected chi connectivity index (χ3v) is 5.00. The van der Waals surface area contributed by atoms with E-state index in [-0.39, 0.29) is 5.92 Å². The summed E-state index contributed by atoms with van der Waals surface area (Å²) in [6, 6.07) is 10.6. The molecule has 1 unspecified atom stereocenters. The lowest BCUT2D eigenvalue weighted by molar-refractivity contribution is 0.276. The van der Waals surface area contributed by atoms with Gasteiger partial charge in [-0.15, -0.1) is 0 Å². The molecule has 2 aromatic rings. The van der Waals surface area contributed by atoms with Gasteiger partial charge in [0.2, 0.25) is 0 Å². The highest BCUT2D eigenvalue weighted by molar-refractivity contribution is 9.10. The Hall–Kier alpha value is -1.88. The topological polar surface area (TPSA) is 30.9 Å². The third-order valence-electron chi connectivity index (χ3n) is 4.41. The van der Waals surface area contributed by atoms with E-state index < -0.39 is 0 Å². The van der Waals surface area contributed by atoms with E-state index in [9.17, 15) is 0 Å². The maximum atomic E-state index is 5.90. The summed E-state index contributed by atoms with van der Waals surface area (Å²) < 4.78 is 17.7. The first-order valence-corrected chi connectivity index (χ1v) is 8.70.